The highest BCUT2D eigenvalue weighted by Crippen LogP contribution is 2.13. The van der Waals surface area contributed by atoms with Gasteiger partial charge in [-0.3, -0.25) is 9.78 Å². The molecule has 0 unspecified atom stereocenters. The molecule has 2 N–H and O–H groups in total. The Bertz CT molecular complexity index is 587. The second kappa shape index (κ2) is 7.64. The first-order valence-corrected chi connectivity index (χ1v) is 8.62. The van der Waals surface area contributed by atoms with Crippen molar-refractivity contribution in [2.24, 2.45) is 0 Å². The molecule has 1 fully saturated rings. The Balaban J connectivity index is 1.87. The Labute approximate surface area is 144 Å². The van der Waals surface area contributed by atoms with Gasteiger partial charge in [-0.2, -0.15) is 0 Å². The monoisotopic (exact) mass is 332 g/mol. The fraction of sp³-hybridized carbons (Fsp3) is 0.611. The third-order valence-electron chi connectivity index (χ3n) is 4.09. The number of rotatable bonds is 3. The largest absolute Gasteiger partial charge is 0.348 e. The molecule has 1 aromatic rings. The van der Waals surface area contributed by atoms with Crippen LogP contribution in [0.5, 0.6) is 0 Å². The van der Waals surface area contributed by atoms with Crippen molar-refractivity contribution in [2.75, 3.05) is 13.1 Å². The van der Waals surface area contributed by atoms with Crippen LogP contribution in [0.3, 0.4) is 0 Å². The number of urea groups is 1. The van der Waals surface area contributed by atoms with Crippen LogP contribution in [0.1, 0.15) is 56.6 Å². The van der Waals surface area contributed by atoms with Gasteiger partial charge in [-0.25, -0.2) is 4.79 Å². The van der Waals surface area contributed by atoms with Crippen LogP contribution in [0.15, 0.2) is 18.3 Å². The molecule has 2 heterocycles. The number of aromatic nitrogens is 1. The van der Waals surface area contributed by atoms with Crippen LogP contribution in [0.25, 0.3) is 0 Å². The Kier molecular flexibility index (Phi) is 5.80. The van der Waals surface area contributed by atoms with E-state index in [-0.39, 0.29) is 23.5 Å². The summed E-state index contributed by atoms with van der Waals surface area (Å²) in [5, 5.41) is 6.03. The van der Waals surface area contributed by atoms with Crippen molar-refractivity contribution >= 4 is 11.9 Å². The highest BCUT2D eigenvalue weighted by Gasteiger charge is 2.26. The summed E-state index contributed by atoms with van der Waals surface area (Å²) in [5.41, 5.74) is 1.22. The van der Waals surface area contributed by atoms with E-state index in [9.17, 15) is 9.59 Å². The number of nitrogens with one attached hydrogen (secondary N) is 2. The number of hydrogen-bond acceptors (Lipinski definition) is 3. The van der Waals surface area contributed by atoms with Crippen molar-refractivity contribution in [3.63, 3.8) is 0 Å². The first-order valence-electron chi connectivity index (χ1n) is 8.62. The third kappa shape index (κ3) is 4.94. The van der Waals surface area contributed by atoms with Gasteiger partial charge >= 0.3 is 6.03 Å². The van der Waals surface area contributed by atoms with Gasteiger partial charge in [-0.1, -0.05) is 13.0 Å². The van der Waals surface area contributed by atoms with Crippen LogP contribution < -0.4 is 10.6 Å². The van der Waals surface area contributed by atoms with E-state index in [1.54, 1.807) is 6.20 Å². The molecule has 0 aromatic carbocycles. The molecule has 1 aliphatic heterocycles. The molecule has 1 saturated heterocycles. The molecule has 0 aliphatic carbocycles. The molecule has 1 aromatic heterocycles. The van der Waals surface area contributed by atoms with E-state index in [2.05, 4.69) is 15.6 Å². The van der Waals surface area contributed by atoms with Gasteiger partial charge in [-0.15, -0.1) is 0 Å². The molecule has 3 amide bonds. The molecule has 0 spiro atoms. The maximum Gasteiger partial charge on any atom is 0.317 e. The Morgan fingerprint density at radius 1 is 1.29 bits per heavy atom. The summed E-state index contributed by atoms with van der Waals surface area (Å²) in [7, 11) is 0. The Morgan fingerprint density at radius 3 is 2.54 bits per heavy atom. The van der Waals surface area contributed by atoms with E-state index in [1.165, 1.54) is 0 Å². The topological polar surface area (TPSA) is 74.3 Å². The number of aryl methyl sites for hydroxylation is 1. The summed E-state index contributed by atoms with van der Waals surface area (Å²) in [4.78, 5) is 30.6. The maximum atomic E-state index is 12.4. The number of carbonyl (C=O) groups is 2. The minimum Gasteiger partial charge on any atom is -0.348 e. The van der Waals surface area contributed by atoms with Crippen LogP contribution >= 0.6 is 0 Å². The first kappa shape index (κ1) is 18.2. The number of hydrogen-bond donors (Lipinski definition) is 2. The fourth-order valence-electron chi connectivity index (χ4n) is 2.81. The van der Waals surface area contributed by atoms with E-state index in [0.717, 1.165) is 24.8 Å². The van der Waals surface area contributed by atoms with Crippen molar-refractivity contribution in [1.29, 1.82) is 0 Å². The lowest BCUT2D eigenvalue weighted by atomic mass is 10.0. The lowest BCUT2D eigenvalue weighted by molar-refractivity contribution is 0.0911. The zero-order chi connectivity index (χ0) is 17.7. The van der Waals surface area contributed by atoms with Crippen LogP contribution in [0.2, 0.25) is 0 Å². The minimum absolute atomic E-state index is 0.0368. The van der Waals surface area contributed by atoms with Crippen LogP contribution in [-0.4, -0.2) is 46.5 Å². The SMILES string of the molecule is CCc1cccnc1C(=O)NC1CCN(C(=O)NC(C)(C)C)CC1. The van der Waals surface area contributed by atoms with Gasteiger partial charge in [0.15, 0.2) is 0 Å². The second-order valence-corrected chi connectivity index (χ2v) is 7.28. The summed E-state index contributed by atoms with van der Waals surface area (Å²) in [5.74, 6) is -0.120. The highest BCUT2D eigenvalue weighted by molar-refractivity contribution is 5.93. The van der Waals surface area contributed by atoms with Crippen LogP contribution in [0, 0.1) is 0 Å². The number of carbonyl (C=O) groups excluding carboxylic acids is 2. The van der Waals surface area contributed by atoms with Gasteiger partial charge in [0.1, 0.15) is 5.69 Å². The van der Waals surface area contributed by atoms with Crippen molar-refractivity contribution in [1.82, 2.24) is 20.5 Å². The van der Waals surface area contributed by atoms with Gasteiger partial charge in [0.2, 0.25) is 0 Å². The summed E-state index contributed by atoms with van der Waals surface area (Å²) >= 11 is 0. The van der Waals surface area contributed by atoms with E-state index in [4.69, 9.17) is 0 Å². The Morgan fingerprint density at radius 2 is 1.96 bits per heavy atom. The van der Waals surface area contributed by atoms with Gasteiger partial charge < -0.3 is 15.5 Å². The summed E-state index contributed by atoms with van der Waals surface area (Å²) in [6.45, 7) is 9.22. The van der Waals surface area contributed by atoms with Crippen molar-refractivity contribution in [3.05, 3.63) is 29.6 Å². The van der Waals surface area contributed by atoms with Gasteiger partial charge in [-0.05, 0) is 51.7 Å². The number of pyridine rings is 1. The van der Waals surface area contributed by atoms with E-state index in [1.807, 2.05) is 44.7 Å². The number of amides is 3. The molecule has 2 rings (SSSR count). The molecule has 6 heteroatoms. The molecule has 1 aliphatic rings. The minimum atomic E-state index is -0.238. The molecule has 0 radical (unpaired) electrons. The molecule has 6 nitrogen and oxygen atoms in total. The van der Waals surface area contributed by atoms with Gasteiger partial charge in [0, 0.05) is 30.9 Å². The van der Waals surface area contributed by atoms with Gasteiger partial charge in [0.25, 0.3) is 5.91 Å². The molecule has 24 heavy (non-hydrogen) atoms. The molecule has 0 bridgehead atoms. The molecular formula is C18H28N4O2. The van der Waals surface area contributed by atoms with E-state index in [0.29, 0.717) is 18.8 Å². The Hall–Kier alpha value is -2.11. The average Bonchev–Trinajstić information content (AvgIpc) is 2.53. The van der Waals surface area contributed by atoms with Crippen molar-refractivity contribution in [3.8, 4) is 0 Å². The normalized spacial score (nSPS) is 15.9. The zero-order valence-corrected chi connectivity index (χ0v) is 15.1. The predicted molar refractivity (Wildman–Crippen MR) is 94.0 cm³/mol. The molecule has 0 atom stereocenters. The number of likely N-dealkylation sites (tertiary alicyclic amines) is 1. The quantitative estimate of drug-likeness (QED) is 0.892. The average molecular weight is 332 g/mol. The standard InChI is InChI=1S/C18H28N4O2/c1-5-13-7-6-10-19-15(13)16(23)20-14-8-11-22(12-9-14)17(24)21-18(2,3)4/h6-7,10,14H,5,8-9,11-12H2,1-4H3,(H,20,23)(H,21,24). The van der Waals surface area contributed by atoms with Crippen molar-refractivity contribution < 1.29 is 9.59 Å². The second-order valence-electron chi connectivity index (χ2n) is 7.28. The van der Waals surface area contributed by atoms with Crippen LogP contribution in [-0.2, 0) is 6.42 Å². The predicted octanol–water partition coefficient (Wildman–Crippen LogP) is 2.35. The van der Waals surface area contributed by atoms with Gasteiger partial charge in [0.05, 0.1) is 0 Å². The summed E-state index contributed by atoms with van der Waals surface area (Å²) in [6.07, 6.45) is 3.95. The summed E-state index contributed by atoms with van der Waals surface area (Å²) < 4.78 is 0. The first-order chi connectivity index (χ1) is 11.3. The molecule has 132 valence electrons. The molecule has 0 saturated carbocycles. The molecular weight excluding hydrogens is 304 g/mol. The lowest BCUT2D eigenvalue weighted by Gasteiger charge is -2.34. The highest BCUT2D eigenvalue weighted by atomic mass is 16.2. The smallest absolute Gasteiger partial charge is 0.317 e. The fourth-order valence-corrected chi connectivity index (χ4v) is 2.81. The van der Waals surface area contributed by atoms with E-state index >= 15 is 0 Å². The lowest BCUT2D eigenvalue weighted by Crippen LogP contribution is -2.53. The number of piperidine rings is 1. The van der Waals surface area contributed by atoms with E-state index < -0.39 is 0 Å². The van der Waals surface area contributed by atoms with Crippen molar-refractivity contribution in [2.45, 2.75) is 58.5 Å². The number of nitrogens with zero attached hydrogens (tertiary/aromatic N) is 2. The third-order valence-corrected chi connectivity index (χ3v) is 4.09. The zero-order valence-electron chi connectivity index (χ0n) is 15.1. The summed E-state index contributed by atoms with van der Waals surface area (Å²) in [6, 6.07) is 3.83. The van der Waals surface area contributed by atoms with Crippen LogP contribution in [0.4, 0.5) is 4.79 Å². The maximum absolute atomic E-state index is 12.4.